The molecule has 2 heteroatoms. The summed E-state index contributed by atoms with van der Waals surface area (Å²) in [5.74, 6) is 0.131. The van der Waals surface area contributed by atoms with Gasteiger partial charge in [-0.15, -0.1) is 0 Å². The molecule has 0 heterocycles. The van der Waals surface area contributed by atoms with E-state index in [1.54, 1.807) is 0 Å². The highest BCUT2D eigenvalue weighted by molar-refractivity contribution is 6.00. The molecule has 23 heavy (non-hydrogen) atoms. The monoisotopic (exact) mass is 305 g/mol. The fourth-order valence-corrected chi connectivity index (χ4v) is 2.35. The summed E-state index contributed by atoms with van der Waals surface area (Å²) in [5, 5.41) is 0. The molecule has 2 nitrogen and oxygen atoms in total. The number of carbonyl (C=O) groups is 1. The second-order valence-electron chi connectivity index (χ2n) is 5.89. The van der Waals surface area contributed by atoms with Crippen molar-refractivity contribution in [1.82, 2.24) is 0 Å². The predicted molar refractivity (Wildman–Crippen MR) is 99.1 cm³/mol. The molecule has 2 N–H and O–H groups in total. The Bertz CT molecular complexity index is 769. The van der Waals surface area contributed by atoms with Crippen LogP contribution in [0.3, 0.4) is 0 Å². The molecule has 0 aromatic heterocycles. The Labute approximate surface area is 138 Å². The van der Waals surface area contributed by atoms with Gasteiger partial charge in [-0.2, -0.15) is 0 Å². The van der Waals surface area contributed by atoms with Crippen LogP contribution in [0.4, 0.5) is 5.69 Å². The average Bonchev–Trinajstić information content (AvgIpc) is 2.51. The van der Waals surface area contributed by atoms with Crippen molar-refractivity contribution in [2.75, 3.05) is 5.73 Å². The van der Waals surface area contributed by atoms with Gasteiger partial charge in [0.05, 0.1) is 0 Å². The molecule has 118 valence electrons. The first-order valence-electron chi connectivity index (χ1n) is 7.76. The van der Waals surface area contributed by atoms with Gasteiger partial charge in [0, 0.05) is 12.1 Å². The number of nitrogens with two attached hydrogens (primary N) is 1. The number of anilines is 1. The minimum atomic E-state index is 0.131. The van der Waals surface area contributed by atoms with Gasteiger partial charge in [-0.1, -0.05) is 48.0 Å². The normalized spacial score (nSPS) is 11.9. The number of hydrogen-bond acceptors (Lipinski definition) is 2. The molecule has 0 aliphatic carbocycles. The second kappa shape index (κ2) is 7.59. The first-order chi connectivity index (χ1) is 11.0. The lowest BCUT2D eigenvalue weighted by Crippen LogP contribution is -1.97. The molecule has 2 aromatic carbocycles. The van der Waals surface area contributed by atoms with Gasteiger partial charge in [0.1, 0.15) is 0 Å². The quantitative estimate of drug-likeness (QED) is 0.626. The van der Waals surface area contributed by atoms with Crippen LogP contribution in [0.25, 0.3) is 12.2 Å². The van der Waals surface area contributed by atoms with Crippen LogP contribution in [0.15, 0.2) is 54.1 Å². The SMILES string of the molecule is C/C(=C\c1cc(C)ccc1C)C(=O)C/C=C/c1cccc(N)c1. The summed E-state index contributed by atoms with van der Waals surface area (Å²) in [5.41, 5.74) is 11.7. The van der Waals surface area contributed by atoms with Gasteiger partial charge in [-0.3, -0.25) is 4.79 Å². The number of Topliss-reactive ketones (excluding diaryl/α,β-unsaturated/α-hetero) is 1. The van der Waals surface area contributed by atoms with E-state index in [1.807, 2.05) is 49.4 Å². The summed E-state index contributed by atoms with van der Waals surface area (Å²) in [7, 11) is 0. The molecule has 2 aromatic rings. The van der Waals surface area contributed by atoms with Crippen molar-refractivity contribution in [1.29, 1.82) is 0 Å². The van der Waals surface area contributed by atoms with Crippen molar-refractivity contribution in [2.45, 2.75) is 27.2 Å². The molecule has 0 fully saturated rings. The Kier molecular flexibility index (Phi) is 5.53. The maximum Gasteiger partial charge on any atom is 0.162 e. The summed E-state index contributed by atoms with van der Waals surface area (Å²) in [6, 6.07) is 13.9. The molecular weight excluding hydrogens is 282 g/mol. The molecule has 0 atom stereocenters. The Morgan fingerprint density at radius 3 is 2.65 bits per heavy atom. The minimum absolute atomic E-state index is 0.131. The van der Waals surface area contributed by atoms with Crippen molar-refractivity contribution in [3.63, 3.8) is 0 Å². The van der Waals surface area contributed by atoms with Gasteiger partial charge in [-0.05, 0) is 61.2 Å². The molecular formula is C21H23NO. The third-order valence-electron chi connectivity index (χ3n) is 3.77. The number of carbonyl (C=O) groups excluding carboxylic acids is 1. The number of rotatable bonds is 5. The van der Waals surface area contributed by atoms with Gasteiger partial charge in [0.25, 0.3) is 0 Å². The summed E-state index contributed by atoms with van der Waals surface area (Å²) in [6.07, 6.45) is 6.18. The van der Waals surface area contributed by atoms with Crippen LogP contribution in [0.1, 0.15) is 35.6 Å². The predicted octanol–water partition coefficient (Wildman–Crippen LogP) is 4.96. The number of benzene rings is 2. The van der Waals surface area contributed by atoms with E-state index >= 15 is 0 Å². The van der Waals surface area contributed by atoms with E-state index in [0.29, 0.717) is 6.42 Å². The van der Waals surface area contributed by atoms with Crippen molar-refractivity contribution < 1.29 is 4.79 Å². The standard InChI is InChI=1S/C21H23NO/c1-15-10-11-16(2)19(12-15)13-17(3)21(23)9-5-7-18-6-4-8-20(22)14-18/h4-8,10-14H,9,22H2,1-3H3/b7-5+,17-13+. The number of aryl methyl sites for hydroxylation is 2. The van der Waals surface area contributed by atoms with E-state index in [-0.39, 0.29) is 5.78 Å². The van der Waals surface area contributed by atoms with E-state index in [0.717, 1.165) is 22.4 Å². The molecule has 0 unspecified atom stereocenters. The third-order valence-corrected chi connectivity index (χ3v) is 3.77. The van der Waals surface area contributed by atoms with Gasteiger partial charge >= 0.3 is 0 Å². The van der Waals surface area contributed by atoms with Crippen molar-refractivity contribution in [2.24, 2.45) is 0 Å². The van der Waals surface area contributed by atoms with Crippen LogP contribution in [0.2, 0.25) is 0 Å². The fraction of sp³-hybridized carbons (Fsp3) is 0.190. The highest BCUT2D eigenvalue weighted by atomic mass is 16.1. The Balaban J connectivity index is 2.05. The molecule has 0 radical (unpaired) electrons. The Hall–Kier alpha value is -2.61. The van der Waals surface area contributed by atoms with E-state index < -0.39 is 0 Å². The van der Waals surface area contributed by atoms with E-state index in [4.69, 9.17) is 5.73 Å². The molecule has 0 bridgehead atoms. The lowest BCUT2D eigenvalue weighted by atomic mass is 10.0. The zero-order valence-corrected chi connectivity index (χ0v) is 14.0. The Morgan fingerprint density at radius 2 is 1.91 bits per heavy atom. The van der Waals surface area contributed by atoms with Crippen LogP contribution < -0.4 is 5.73 Å². The topological polar surface area (TPSA) is 43.1 Å². The number of hydrogen-bond donors (Lipinski definition) is 1. The van der Waals surface area contributed by atoms with Crippen LogP contribution >= 0.6 is 0 Å². The van der Waals surface area contributed by atoms with Crippen LogP contribution in [0, 0.1) is 13.8 Å². The summed E-state index contributed by atoms with van der Waals surface area (Å²) in [4.78, 5) is 12.3. The van der Waals surface area contributed by atoms with Crippen molar-refractivity contribution in [3.8, 4) is 0 Å². The van der Waals surface area contributed by atoms with Gasteiger partial charge in [-0.25, -0.2) is 0 Å². The molecule has 0 saturated carbocycles. The van der Waals surface area contributed by atoms with E-state index in [1.165, 1.54) is 11.1 Å². The van der Waals surface area contributed by atoms with Gasteiger partial charge < -0.3 is 5.73 Å². The lowest BCUT2D eigenvalue weighted by molar-refractivity contribution is -0.114. The smallest absolute Gasteiger partial charge is 0.162 e. The second-order valence-corrected chi connectivity index (χ2v) is 5.89. The first kappa shape index (κ1) is 16.8. The largest absolute Gasteiger partial charge is 0.399 e. The number of allylic oxidation sites excluding steroid dienone is 2. The van der Waals surface area contributed by atoms with Gasteiger partial charge in [0.2, 0.25) is 0 Å². The highest BCUT2D eigenvalue weighted by Gasteiger charge is 2.04. The molecule has 0 spiro atoms. The molecule has 0 saturated heterocycles. The maximum atomic E-state index is 12.3. The minimum Gasteiger partial charge on any atom is -0.399 e. The first-order valence-corrected chi connectivity index (χ1v) is 7.76. The fourth-order valence-electron chi connectivity index (χ4n) is 2.35. The molecule has 0 aliphatic heterocycles. The van der Waals surface area contributed by atoms with Crippen LogP contribution in [0.5, 0.6) is 0 Å². The Morgan fingerprint density at radius 1 is 1.13 bits per heavy atom. The van der Waals surface area contributed by atoms with E-state index in [9.17, 15) is 4.79 Å². The van der Waals surface area contributed by atoms with Gasteiger partial charge in [0.15, 0.2) is 5.78 Å². The van der Waals surface area contributed by atoms with E-state index in [2.05, 4.69) is 32.0 Å². The summed E-state index contributed by atoms with van der Waals surface area (Å²) < 4.78 is 0. The maximum absolute atomic E-state index is 12.3. The number of nitrogen functional groups attached to an aromatic ring is 1. The summed E-state index contributed by atoms with van der Waals surface area (Å²) >= 11 is 0. The van der Waals surface area contributed by atoms with Crippen molar-refractivity contribution in [3.05, 3.63) is 76.4 Å². The van der Waals surface area contributed by atoms with Crippen molar-refractivity contribution >= 4 is 23.6 Å². The zero-order valence-electron chi connectivity index (χ0n) is 14.0. The highest BCUT2D eigenvalue weighted by Crippen LogP contribution is 2.16. The number of ketones is 1. The summed E-state index contributed by atoms with van der Waals surface area (Å²) in [6.45, 7) is 5.99. The molecule has 0 aliphatic rings. The molecule has 0 amide bonds. The molecule has 2 rings (SSSR count). The third kappa shape index (κ3) is 4.96. The van der Waals surface area contributed by atoms with Crippen LogP contribution in [-0.4, -0.2) is 5.78 Å². The lowest BCUT2D eigenvalue weighted by Gasteiger charge is -2.04. The average molecular weight is 305 g/mol. The zero-order chi connectivity index (χ0) is 16.8. The van der Waals surface area contributed by atoms with Crippen LogP contribution in [-0.2, 0) is 4.79 Å².